The van der Waals surface area contributed by atoms with Crippen LogP contribution in [0.5, 0.6) is 11.5 Å². The van der Waals surface area contributed by atoms with Gasteiger partial charge in [0.1, 0.15) is 16.5 Å². The van der Waals surface area contributed by atoms with Gasteiger partial charge in [-0.05, 0) is 48.2 Å². The summed E-state index contributed by atoms with van der Waals surface area (Å²) in [6, 6.07) is 13.9. The third kappa shape index (κ3) is 3.17. The van der Waals surface area contributed by atoms with Gasteiger partial charge in [0.2, 0.25) is 0 Å². The molecule has 0 amide bonds. The SMILES string of the molecule is Cc1cc(Oc2ccccc2C(C)C)ccc1C(N)=S. The fraction of sp³-hybridized carbons (Fsp3) is 0.235. The Morgan fingerprint density at radius 3 is 2.45 bits per heavy atom. The van der Waals surface area contributed by atoms with Crippen LogP contribution in [0.1, 0.15) is 36.5 Å². The van der Waals surface area contributed by atoms with Crippen molar-refractivity contribution in [2.75, 3.05) is 0 Å². The van der Waals surface area contributed by atoms with Crippen LogP contribution in [0, 0.1) is 6.92 Å². The van der Waals surface area contributed by atoms with Crippen molar-refractivity contribution in [3.63, 3.8) is 0 Å². The lowest BCUT2D eigenvalue weighted by molar-refractivity contribution is 0.472. The molecule has 2 N–H and O–H groups in total. The number of thiocarbonyl (C=S) groups is 1. The number of benzene rings is 2. The van der Waals surface area contributed by atoms with Crippen LogP contribution >= 0.6 is 12.2 Å². The van der Waals surface area contributed by atoms with Crippen LogP contribution < -0.4 is 10.5 Å². The lowest BCUT2D eigenvalue weighted by Crippen LogP contribution is -2.10. The Bertz CT molecular complexity index is 635. The predicted molar refractivity (Wildman–Crippen MR) is 87.7 cm³/mol. The maximum Gasteiger partial charge on any atom is 0.130 e. The van der Waals surface area contributed by atoms with E-state index in [2.05, 4.69) is 19.9 Å². The second-order valence-electron chi connectivity index (χ2n) is 5.14. The molecule has 0 aliphatic carbocycles. The Kier molecular flexibility index (Phi) is 4.40. The van der Waals surface area contributed by atoms with E-state index in [0.29, 0.717) is 10.9 Å². The Hall–Kier alpha value is -1.87. The molecule has 0 heterocycles. The largest absolute Gasteiger partial charge is 0.457 e. The van der Waals surface area contributed by atoms with Crippen LogP contribution in [0.4, 0.5) is 0 Å². The number of hydrogen-bond acceptors (Lipinski definition) is 2. The highest BCUT2D eigenvalue weighted by Crippen LogP contribution is 2.31. The highest BCUT2D eigenvalue weighted by atomic mass is 32.1. The molecule has 0 bridgehead atoms. The average molecular weight is 285 g/mol. The second kappa shape index (κ2) is 6.06. The molecule has 0 atom stereocenters. The topological polar surface area (TPSA) is 35.2 Å². The van der Waals surface area contributed by atoms with Gasteiger partial charge in [0.25, 0.3) is 0 Å². The van der Waals surface area contributed by atoms with Crippen molar-refractivity contribution < 1.29 is 4.74 Å². The molecule has 3 heteroatoms. The van der Waals surface area contributed by atoms with Gasteiger partial charge in [-0.15, -0.1) is 0 Å². The predicted octanol–water partition coefficient (Wildman–Crippen LogP) is 4.54. The first kappa shape index (κ1) is 14.5. The van der Waals surface area contributed by atoms with Crippen LogP contribution in [-0.4, -0.2) is 4.99 Å². The summed E-state index contributed by atoms with van der Waals surface area (Å²) in [5.74, 6) is 2.11. The zero-order chi connectivity index (χ0) is 14.7. The molecule has 0 fully saturated rings. The monoisotopic (exact) mass is 285 g/mol. The number of para-hydroxylation sites is 1. The lowest BCUT2D eigenvalue weighted by Gasteiger charge is -2.14. The maximum atomic E-state index is 6.00. The molecule has 0 radical (unpaired) electrons. The van der Waals surface area contributed by atoms with Crippen LogP contribution in [0.2, 0.25) is 0 Å². The zero-order valence-electron chi connectivity index (χ0n) is 12.0. The normalized spacial score (nSPS) is 10.6. The van der Waals surface area contributed by atoms with Crippen LogP contribution in [-0.2, 0) is 0 Å². The van der Waals surface area contributed by atoms with Gasteiger partial charge >= 0.3 is 0 Å². The van der Waals surface area contributed by atoms with Crippen molar-refractivity contribution in [3.8, 4) is 11.5 Å². The van der Waals surface area contributed by atoms with E-state index in [-0.39, 0.29) is 0 Å². The Balaban J connectivity index is 2.31. The molecule has 0 aliphatic heterocycles. The summed E-state index contributed by atoms with van der Waals surface area (Å²) in [6.07, 6.45) is 0. The minimum absolute atomic E-state index is 0.414. The standard InChI is InChI=1S/C17H19NOS/c1-11(2)14-6-4-5-7-16(14)19-13-8-9-15(17(18)20)12(3)10-13/h4-11H,1-3H3,(H2,18,20). The molecule has 0 spiro atoms. The Morgan fingerprint density at radius 1 is 1.15 bits per heavy atom. The number of rotatable bonds is 4. The van der Waals surface area contributed by atoms with Crippen molar-refractivity contribution in [2.24, 2.45) is 5.73 Å². The van der Waals surface area contributed by atoms with Gasteiger partial charge < -0.3 is 10.5 Å². The molecule has 0 unspecified atom stereocenters. The minimum atomic E-state index is 0.414. The third-order valence-corrected chi connectivity index (χ3v) is 3.45. The first-order valence-electron chi connectivity index (χ1n) is 6.66. The molecule has 0 aliphatic rings. The fourth-order valence-electron chi connectivity index (χ4n) is 2.15. The van der Waals surface area contributed by atoms with E-state index in [4.69, 9.17) is 22.7 Å². The van der Waals surface area contributed by atoms with E-state index in [0.717, 1.165) is 22.6 Å². The van der Waals surface area contributed by atoms with Gasteiger partial charge in [-0.1, -0.05) is 44.3 Å². The summed E-state index contributed by atoms with van der Waals surface area (Å²) in [7, 11) is 0. The van der Waals surface area contributed by atoms with Gasteiger partial charge in [-0.25, -0.2) is 0 Å². The van der Waals surface area contributed by atoms with Gasteiger partial charge in [0.05, 0.1) is 0 Å². The van der Waals surface area contributed by atoms with E-state index < -0.39 is 0 Å². The third-order valence-electron chi connectivity index (χ3n) is 3.23. The average Bonchev–Trinajstić information content (AvgIpc) is 2.38. The summed E-state index contributed by atoms with van der Waals surface area (Å²) in [4.78, 5) is 0.414. The number of hydrogen-bond donors (Lipinski definition) is 1. The van der Waals surface area contributed by atoms with E-state index in [1.807, 2.05) is 43.3 Å². The molecule has 0 saturated carbocycles. The van der Waals surface area contributed by atoms with Crippen LogP contribution in [0.25, 0.3) is 0 Å². The first-order chi connectivity index (χ1) is 9.49. The highest BCUT2D eigenvalue weighted by molar-refractivity contribution is 7.80. The summed E-state index contributed by atoms with van der Waals surface area (Å²) < 4.78 is 6.00. The summed E-state index contributed by atoms with van der Waals surface area (Å²) in [6.45, 7) is 6.29. The van der Waals surface area contributed by atoms with Crippen LogP contribution in [0.3, 0.4) is 0 Å². The Labute approximate surface area is 125 Å². The van der Waals surface area contributed by atoms with Gasteiger partial charge in [0, 0.05) is 5.56 Å². The molecule has 0 saturated heterocycles. The minimum Gasteiger partial charge on any atom is -0.457 e. The zero-order valence-corrected chi connectivity index (χ0v) is 12.8. The smallest absolute Gasteiger partial charge is 0.130 e. The number of nitrogens with two attached hydrogens (primary N) is 1. The molecule has 104 valence electrons. The molecule has 2 aromatic carbocycles. The molecular formula is C17H19NOS. The van der Waals surface area contributed by atoms with Crippen molar-refractivity contribution in [1.82, 2.24) is 0 Å². The van der Waals surface area contributed by atoms with E-state index >= 15 is 0 Å². The molecule has 0 aromatic heterocycles. The highest BCUT2D eigenvalue weighted by Gasteiger charge is 2.09. The molecule has 2 nitrogen and oxygen atoms in total. The Morgan fingerprint density at radius 2 is 1.85 bits per heavy atom. The molecule has 2 rings (SSSR count). The van der Waals surface area contributed by atoms with E-state index in [1.165, 1.54) is 5.56 Å². The van der Waals surface area contributed by atoms with E-state index in [1.54, 1.807) is 0 Å². The molecule has 2 aromatic rings. The first-order valence-corrected chi connectivity index (χ1v) is 7.07. The lowest BCUT2D eigenvalue weighted by atomic mass is 10.0. The van der Waals surface area contributed by atoms with Crippen molar-refractivity contribution in [3.05, 3.63) is 59.2 Å². The number of aryl methyl sites for hydroxylation is 1. The fourth-order valence-corrected chi connectivity index (χ4v) is 2.38. The van der Waals surface area contributed by atoms with Gasteiger partial charge in [-0.3, -0.25) is 0 Å². The molecule has 20 heavy (non-hydrogen) atoms. The van der Waals surface area contributed by atoms with Crippen molar-refractivity contribution >= 4 is 17.2 Å². The summed E-state index contributed by atoms with van der Waals surface area (Å²) in [5.41, 5.74) is 8.79. The van der Waals surface area contributed by atoms with Crippen molar-refractivity contribution in [2.45, 2.75) is 26.7 Å². The van der Waals surface area contributed by atoms with Crippen molar-refractivity contribution in [1.29, 1.82) is 0 Å². The quantitative estimate of drug-likeness (QED) is 0.837. The maximum absolute atomic E-state index is 6.00. The van der Waals surface area contributed by atoms with Gasteiger partial charge in [-0.2, -0.15) is 0 Å². The van der Waals surface area contributed by atoms with Crippen LogP contribution in [0.15, 0.2) is 42.5 Å². The number of ether oxygens (including phenoxy) is 1. The van der Waals surface area contributed by atoms with E-state index in [9.17, 15) is 0 Å². The summed E-state index contributed by atoms with van der Waals surface area (Å²) >= 11 is 5.01. The van der Waals surface area contributed by atoms with Gasteiger partial charge in [0.15, 0.2) is 0 Å². The second-order valence-corrected chi connectivity index (χ2v) is 5.58. The summed E-state index contributed by atoms with van der Waals surface area (Å²) in [5, 5.41) is 0. The molecular weight excluding hydrogens is 266 g/mol.